The molecule has 0 fully saturated rings. The standard InChI is InChI=1S/C12H19N5OS/c1-8(14)2-3-9(15)6-16-12(18)10-7-19-11(17-10)4-5-13/h2-3,7H,4-6,13-15H2,1H3,(H,16,18)/b8-2-,9-3-. The minimum atomic E-state index is -0.246. The molecule has 7 N–H and O–H groups in total. The highest BCUT2D eigenvalue weighted by Gasteiger charge is 2.09. The lowest BCUT2D eigenvalue weighted by atomic mass is 10.3. The number of allylic oxidation sites excluding steroid dienone is 3. The Bertz CT molecular complexity index is 488. The maximum atomic E-state index is 11.8. The van der Waals surface area contributed by atoms with Gasteiger partial charge in [0, 0.05) is 23.2 Å². The van der Waals surface area contributed by atoms with Crippen molar-refractivity contribution in [2.24, 2.45) is 17.2 Å². The third kappa shape index (κ3) is 5.54. The normalized spacial score (nSPS) is 12.5. The number of hydrogen-bond acceptors (Lipinski definition) is 6. The van der Waals surface area contributed by atoms with E-state index in [0.29, 0.717) is 30.1 Å². The minimum absolute atomic E-state index is 0.246. The summed E-state index contributed by atoms with van der Waals surface area (Å²) < 4.78 is 0. The molecule has 1 rings (SSSR count). The van der Waals surface area contributed by atoms with Gasteiger partial charge >= 0.3 is 0 Å². The fourth-order valence-corrected chi connectivity index (χ4v) is 2.02. The topological polar surface area (TPSA) is 120 Å². The quantitative estimate of drug-likeness (QED) is 0.550. The first-order valence-corrected chi connectivity index (χ1v) is 6.72. The highest BCUT2D eigenvalue weighted by Crippen LogP contribution is 2.09. The number of nitrogens with two attached hydrogens (primary N) is 3. The van der Waals surface area contributed by atoms with E-state index in [1.54, 1.807) is 24.5 Å². The van der Waals surface area contributed by atoms with Gasteiger partial charge in [-0.25, -0.2) is 4.98 Å². The van der Waals surface area contributed by atoms with E-state index in [-0.39, 0.29) is 12.5 Å². The van der Waals surface area contributed by atoms with Crippen LogP contribution in [0.25, 0.3) is 0 Å². The highest BCUT2D eigenvalue weighted by atomic mass is 32.1. The summed E-state index contributed by atoms with van der Waals surface area (Å²) in [5.41, 5.74) is 18.2. The Morgan fingerprint density at radius 1 is 1.47 bits per heavy atom. The first-order valence-electron chi connectivity index (χ1n) is 5.84. The largest absolute Gasteiger partial charge is 0.402 e. The van der Waals surface area contributed by atoms with Gasteiger partial charge in [0.25, 0.3) is 5.91 Å². The fourth-order valence-electron chi connectivity index (χ4n) is 1.22. The molecule has 0 aliphatic carbocycles. The Kier molecular flexibility index (Phi) is 6.04. The lowest BCUT2D eigenvalue weighted by Crippen LogP contribution is -2.28. The Hall–Kier alpha value is -1.86. The van der Waals surface area contributed by atoms with Gasteiger partial charge in [-0.15, -0.1) is 11.3 Å². The average molecular weight is 281 g/mol. The van der Waals surface area contributed by atoms with Gasteiger partial charge in [0.1, 0.15) is 5.69 Å². The summed E-state index contributed by atoms with van der Waals surface area (Å²) in [6.07, 6.45) is 4.03. The van der Waals surface area contributed by atoms with Gasteiger partial charge in [-0.05, 0) is 25.6 Å². The van der Waals surface area contributed by atoms with E-state index in [1.807, 2.05) is 0 Å². The number of carbonyl (C=O) groups is 1. The molecule has 1 heterocycles. The predicted molar refractivity (Wildman–Crippen MR) is 77.4 cm³/mol. The SMILES string of the molecule is C/C(N)=C/C=C(\N)CNC(=O)c1csc(CCN)n1. The summed E-state index contributed by atoms with van der Waals surface area (Å²) >= 11 is 1.43. The molecule has 0 saturated heterocycles. The second kappa shape index (κ2) is 7.55. The number of hydrogen-bond donors (Lipinski definition) is 4. The van der Waals surface area contributed by atoms with Crippen molar-refractivity contribution >= 4 is 17.2 Å². The van der Waals surface area contributed by atoms with Crippen LogP contribution in [0.1, 0.15) is 22.4 Å². The van der Waals surface area contributed by atoms with Gasteiger partial charge in [-0.3, -0.25) is 4.79 Å². The number of nitrogens with zero attached hydrogens (tertiary/aromatic N) is 1. The zero-order valence-electron chi connectivity index (χ0n) is 10.8. The summed E-state index contributed by atoms with van der Waals surface area (Å²) in [5.74, 6) is -0.246. The van der Waals surface area contributed by atoms with E-state index in [4.69, 9.17) is 17.2 Å². The van der Waals surface area contributed by atoms with Crippen LogP contribution in [0.2, 0.25) is 0 Å². The maximum Gasteiger partial charge on any atom is 0.271 e. The lowest BCUT2D eigenvalue weighted by Gasteiger charge is -2.02. The summed E-state index contributed by atoms with van der Waals surface area (Å²) in [4.78, 5) is 16.0. The molecular formula is C12H19N5OS. The van der Waals surface area contributed by atoms with Crippen LogP contribution < -0.4 is 22.5 Å². The number of rotatable bonds is 6. The van der Waals surface area contributed by atoms with Gasteiger partial charge in [0.15, 0.2) is 0 Å². The van der Waals surface area contributed by atoms with Crippen molar-refractivity contribution in [3.8, 4) is 0 Å². The zero-order chi connectivity index (χ0) is 14.3. The Morgan fingerprint density at radius 2 is 2.21 bits per heavy atom. The molecule has 0 aliphatic heterocycles. The molecule has 7 heteroatoms. The van der Waals surface area contributed by atoms with E-state index in [0.717, 1.165) is 5.01 Å². The highest BCUT2D eigenvalue weighted by molar-refractivity contribution is 7.09. The van der Waals surface area contributed by atoms with Crippen LogP contribution in [-0.4, -0.2) is 24.0 Å². The molecule has 0 unspecified atom stereocenters. The molecule has 0 bridgehead atoms. The Balaban J connectivity index is 2.50. The van der Waals surface area contributed by atoms with Crippen molar-refractivity contribution in [3.05, 3.63) is 39.6 Å². The van der Waals surface area contributed by atoms with Gasteiger partial charge in [-0.2, -0.15) is 0 Å². The van der Waals surface area contributed by atoms with Crippen molar-refractivity contribution in [2.75, 3.05) is 13.1 Å². The molecule has 1 aromatic rings. The van der Waals surface area contributed by atoms with Gasteiger partial charge < -0.3 is 22.5 Å². The van der Waals surface area contributed by atoms with E-state index in [2.05, 4.69) is 10.3 Å². The van der Waals surface area contributed by atoms with Crippen LogP contribution in [0.3, 0.4) is 0 Å². The van der Waals surface area contributed by atoms with Crippen LogP contribution >= 0.6 is 11.3 Å². The van der Waals surface area contributed by atoms with Crippen LogP contribution in [0.5, 0.6) is 0 Å². The summed E-state index contributed by atoms with van der Waals surface area (Å²) in [6, 6.07) is 0. The molecule has 1 amide bonds. The van der Waals surface area contributed by atoms with Crippen LogP contribution in [0, 0.1) is 0 Å². The second-order valence-corrected chi connectivity index (χ2v) is 4.94. The van der Waals surface area contributed by atoms with Crippen molar-refractivity contribution < 1.29 is 4.79 Å². The van der Waals surface area contributed by atoms with Gasteiger partial charge in [-0.1, -0.05) is 0 Å². The third-order valence-electron chi connectivity index (χ3n) is 2.16. The van der Waals surface area contributed by atoms with Crippen LogP contribution in [0.4, 0.5) is 0 Å². The predicted octanol–water partition coefficient (Wildman–Crippen LogP) is 0.0792. The molecule has 0 saturated carbocycles. The monoisotopic (exact) mass is 281 g/mol. The molecule has 1 aromatic heterocycles. The molecule has 0 aliphatic rings. The van der Waals surface area contributed by atoms with Gasteiger partial charge in [0.2, 0.25) is 0 Å². The fraction of sp³-hybridized carbons (Fsp3) is 0.333. The van der Waals surface area contributed by atoms with E-state index in [1.165, 1.54) is 11.3 Å². The van der Waals surface area contributed by atoms with E-state index >= 15 is 0 Å². The van der Waals surface area contributed by atoms with Crippen molar-refractivity contribution in [1.29, 1.82) is 0 Å². The molecule has 104 valence electrons. The molecular weight excluding hydrogens is 262 g/mol. The molecule has 0 atom stereocenters. The number of thiazole rings is 1. The maximum absolute atomic E-state index is 11.8. The third-order valence-corrected chi connectivity index (χ3v) is 3.06. The summed E-state index contributed by atoms with van der Waals surface area (Å²) in [6.45, 7) is 2.54. The molecule has 0 radical (unpaired) electrons. The first-order chi connectivity index (χ1) is 9.02. The molecule has 6 nitrogen and oxygen atoms in total. The second-order valence-electron chi connectivity index (χ2n) is 4.00. The summed E-state index contributed by atoms with van der Waals surface area (Å²) in [7, 11) is 0. The first kappa shape index (κ1) is 15.2. The minimum Gasteiger partial charge on any atom is -0.402 e. The smallest absolute Gasteiger partial charge is 0.271 e. The van der Waals surface area contributed by atoms with Crippen molar-refractivity contribution in [3.63, 3.8) is 0 Å². The van der Waals surface area contributed by atoms with Crippen molar-refractivity contribution in [1.82, 2.24) is 10.3 Å². The Labute approximate surface area is 116 Å². The summed E-state index contributed by atoms with van der Waals surface area (Å²) in [5, 5.41) is 5.26. The molecule has 0 spiro atoms. The average Bonchev–Trinajstić information content (AvgIpc) is 2.82. The number of carbonyl (C=O) groups excluding carboxylic acids is 1. The number of amides is 1. The van der Waals surface area contributed by atoms with Gasteiger partial charge in [0.05, 0.1) is 11.6 Å². The molecule has 19 heavy (non-hydrogen) atoms. The van der Waals surface area contributed by atoms with E-state index in [9.17, 15) is 4.79 Å². The number of nitrogens with one attached hydrogen (secondary N) is 1. The molecule has 0 aromatic carbocycles. The number of aromatic nitrogens is 1. The van der Waals surface area contributed by atoms with Crippen LogP contribution in [0.15, 0.2) is 28.9 Å². The van der Waals surface area contributed by atoms with E-state index < -0.39 is 0 Å². The lowest BCUT2D eigenvalue weighted by molar-refractivity contribution is 0.0952. The Morgan fingerprint density at radius 3 is 2.84 bits per heavy atom. The van der Waals surface area contributed by atoms with Crippen LogP contribution in [-0.2, 0) is 6.42 Å². The van der Waals surface area contributed by atoms with Crippen molar-refractivity contribution in [2.45, 2.75) is 13.3 Å². The zero-order valence-corrected chi connectivity index (χ0v) is 11.7.